The predicted molar refractivity (Wildman–Crippen MR) is 97.5 cm³/mol. The summed E-state index contributed by atoms with van der Waals surface area (Å²) in [4.78, 5) is 15.8. The van der Waals surface area contributed by atoms with E-state index in [0.29, 0.717) is 10.9 Å². The molecular weight excluding hydrogens is 412 g/mol. The predicted octanol–water partition coefficient (Wildman–Crippen LogP) is 2.10. The van der Waals surface area contributed by atoms with E-state index in [1.807, 2.05) is 0 Å². The molecule has 1 aliphatic rings. The minimum absolute atomic E-state index is 0.0524. The Labute approximate surface area is 156 Å². The highest BCUT2D eigenvalue weighted by Crippen LogP contribution is 2.30. The Balaban J connectivity index is 2.16. The van der Waals surface area contributed by atoms with Gasteiger partial charge in [-0.05, 0) is 56.1 Å². The maximum Gasteiger partial charge on any atom is 0.408 e. The Kier molecular flexibility index (Phi) is 5.36. The molecular formula is C15H23BrN4O4S. The van der Waals surface area contributed by atoms with Crippen molar-refractivity contribution in [2.24, 2.45) is 0 Å². The molecule has 1 atom stereocenters. The average Bonchev–Trinajstić information content (AvgIpc) is 2.81. The fourth-order valence-electron chi connectivity index (χ4n) is 2.55. The van der Waals surface area contributed by atoms with Crippen LogP contribution in [0.4, 0.5) is 10.6 Å². The normalized spacial score (nSPS) is 22.0. The number of nitrogen functional groups attached to an aromatic ring is 1. The van der Waals surface area contributed by atoms with E-state index in [0.717, 1.165) is 0 Å². The van der Waals surface area contributed by atoms with Gasteiger partial charge in [-0.2, -0.15) is 4.31 Å². The molecule has 1 aromatic rings. The minimum Gasteiger partial charge on any atom is -0.444 e. The van der Waals surface area contributed by atoms with Gasteiger partial charge in [-0.1, -0.05) is 0 Å². The SMILES string of the molecule is CC1(NC(=O)OC(C)(C)C)CCN(S(=O)(=O)c2cc(Br)cnc2N)C1. The second kappa shape index (κ2) is 6.73. The number of ether oxygens (including phenoxy) is 1. The number of aromatic nitrogens is 1. The summed E-state index contributed by atoms with van der Waals surface area (Å²) in [6.07, 6.45) is 1.33. The van der Waals surface area contributed by atoms with Gasteiger partial charge in [0.05, 0.1) is 5.54 Å². The molecule has 3 N–H and O–H groups in total. The number of carbonyl (C=O) groups is 1. The molecule has 1 amide bonds. The van der Waals surface area contributed by atoms with Gasteiger partial charge in [0.15, 0.2) is 0 Å². The topological polar surface area (TPSA) is 115 Å². The van der Waals surface area contributed by atoms with Crippen LogP contribution in [0, 0.1) is 0 Å². The van der Waals surface area contributed by atoms with Gasteiger partial charge in [0.1, 0.15) is 16.3 Å². The zero-order valence-electron chi connectivity index (χ0n) is 14.7. The van der Waals surface area contributed by atoms with Crippen LogP contribution in [-0.4, -0.2) is 48.0 Å². The zero-order chi connectivity index (χ0) is 19.0. The molecule has 1 aliphatic heterocycles. The first kappa shape index (κ1) is 19.9. The number of pyridine rings is 1. The molecule has 8 nitrogen and oxygen atoms in total. The molecule has 2 rings (SSSR count). The highest BCUT2D eigenvalue weighted by molar-refractivity contribution is 9.10. The summed E-state index contributed by atoms with van der Waals surface area (Å²) in [6, 6.07) is 1.43. The lowest BCUT2D eigenvalue weighted by molar-refractivity contribution is 0.0470. The lowest BCUT2D eigenvalue weighted by atomic mass is 10.0. The largest absolute Gasteiger partial charge is 0.444 e. The molecule has 0 aliphatic carbocycles. The number of alkyl carbamates (subject to hydrolysis) is 1. The third-order valence-electron chi connectivity index (χ3n) is 3.71. The maximum atomic E-state index is 12.9. The van der Waals surface area contributed by atoms with E-state index in [9.17, 15) is 13.2 Å². The monoisotopic (exact) mass is 434 g/mol. The highest BCUT2D eigenvalue weighted by atomic mass is 79.9. The standard InChI is InChI=1S/C15H23BrN4O4S/c1-14(2,3)24-13(21)19-15(4)5-6-20(9-15)25(22,23)11-7-10(16)8-18-12(11)17/h7-8H,5-6,9H2,1-4H3,(H2,17,18)(H,19,21). The number of anilines is 1. The summed E-state index contributed by atoms with van der Waals surface area (Å²) in [5.74, 6) is -0.0584. The number of rotatable bonds is 3. The van der Waals surface area contributed by atoms with Gasteiger partial charge in [0, 0.05) is 23.8 Å². The van der Waals surface area contributed by atoms with Crippen LogP contribution in [0.5, 0.6) is 0 Å². The molecule has 0 bridgehead atoms. The number of amides is 1. The molecule has 2 heterocycles. The molecule has 1 unspecified atom stereocenters. The summed E-state index contributed by atoms with van der Waals surface area (Å²) in [5, 5.41) is 2.77. The zero-order valence-corrected chi connectivity index (χ0v) is 17.1. The van der Waals surface area contributed by atoms with Crippen LogP contribution < -0.4 is 11.1 Å². The van der Waals surface area contributed by atoms with Crippen LogP contribution in [0.1, 0.15) is 34.1 Å². The number of hydrogen-bond acceptors (Lipinski definition) is 6. The molecule has 25 heavy (non-hydrogen) atoms. The summed E-state index contributed by atoms with van der Waals surface area (Å²) in [5.41, 5.74) is 4.39. The van der Waals surface area contributed by atoms with E-state index in [4.69, 9.17) is 10.5 Å². The van der Waals surface area contributed by atoms with Gasteiger partial charge in [-0.25, -0.2) is 18.2 Å². The number of hydrogen-bond donors (Lipinski definition) is 2. The summed E-state index contributed by atoms with van der Waals surface area (Å²) >= 11 is 3.21. The fraction of sp³-hybridized carbons (Fsp3) is 0.600. The number of carbonyl (C=O) groups excluding carboxylic acids is 1. The van der Waals surface area contributed by atoms with Crippen molar-refractivity contribution in [2.75, 3.05) is 18.8 Å². The Bertz CT molecular complexity index is 778. The second-order valence-corrected chi connectivity index (χ2v) is 10.1. The van der Waals surface area contributed by atoms with E-state index >= 15 is 0 Å². The number of halogens is 1. The van der Waals surface area contributed by atoms with Crippen LogP contribution in [-0.2, 0) is 14.8 Å². The van der Waals surface area contributed by atoms with Crippen molar-refractivity contribution in [2.45, 2.75) is 50.2 Å². The molecule has 0 radical (unpaired) electrons. The van der Waals surface area contributed by atoms with E-state index < -0.39 is 27.3 Å². The Morgan fingerprint density at radius 3 is 2.72 bits per heavy atom. The molecule has 1 aromatic heterocycles. The Morgan fingerprint density at radius 2 is 2.12 bits per heavy atom. The third kappa shape index (κ3) is 4.83. The van der Waals surface area contributed by atoms with E-state index in [2.05, 4.69) is 26.2 Å². The lowest BCUT2D eigenvalue weighted by Gasteiger charge is -2.28. The van der Waals surface area contributed by atoms with Gasteiger partial charge in [0.2, 0.25) is 10.0 Å². The summed E-state index contributed by atoms with van der Waals surface area (Å²) in [7, 11) is -3.81. The molecule has 10 heteroatoms. The molecule has 0 aromatic carbocycles. The van der Waals surface area contributed by atoms with Crippen LogP contribution >= 0.6 is 15.9 Å². The van der Waals surface area contributed by atoms with E-state index in [1.54, 1.807) is 27.7 Å². The molecule has 1 fully saturated rings. The van der Waals surface area contributed by atoms with Crippen LogP contribution in [0.2, 0.25) is 0 Å². The first-order chi connectivity index (χ1) is 11.3. The lowest BCUT2D eigenvalue weighted by Crippen LogP contribution is -2.50. The smallest absolute Gasteiger partial charge is 0.408 e. The maximum absolute atomic E-state index is 12.9. The van der Waals surface area contributed by atoms with Crippen molar-refractivity contribution in [1.29, 1.82) is 0 Å². The van der Waals surface area contributed by atoms with Crippen molar-refractivity contribution in [1.82, 2.24) is 14.6 Å². The number of nitrogens with one attached hydrogen (secondary N) is 1. The summed E-state index contributed by atoms with van der Waals surface area (Å²) < 4.78 is 32.8. The quantitative estimate of drug-likeness (QED) is 0.752. The Morgan fingerprint density at radius 1 is 1.48 bits per heavy atom. The van der Waals surface area contributed by atoms with Crippen molar-refractivity contribution < 1.29 is 17.9 Å². The van der Waals surface area contributed by atoms with Crippen LogP contribution in [0.25, 0.3) is 0 Å². The van der Waals surface area contributed by atoms with Crippen molar-refractivity contribution in [3.05, 3.63) is 16.7 Å². The van der Waals surface area contributed by atoms with Gasteiger partial charge >= 0.3 is 6.09 Å². The number of nitrogens with zero attached hydrogens (tertiary/aromatic N) is 2. The van der Waals surface area contributed by atoms with Crippen molar-refractivity contribution in [3.63, 3.8) is 0 Å². The molecule has 0 saturated carbocycles. The van der Waals surface area contributed by atoms with Crippen molar-refractivity contribution >= 4 is 37.9 Å². The van der Waals surface area contributed by atoms with E-state index in [1.165, 1.54) is 16.6 Å². The van der Waals surface area contributed by atoms with Gasteiger partial charge in [-0.3, -0.25) is 0 Å². The van der Waals surface area contributed by atoms with E-state index in [-0.39, 0.29) is 23.8 Å². The minimum atomic E-state index is -3.81. The third-order valence-corrected chi connectivity index (χ3v) is 6.02. The van der Waals surface area contributed by atoms with Gasteiger partial charge in [0.25, 0.3) is 0 Å². The average molecular weight is 435 g/mol. The fourth-order valence-corrected chi connectivity index (χ4v) is 4.69. The summed E-state index contributed by atoms with van der Waals surface area (Å²) in [6.45, 7) is 7.48. The van der Waals surface area contributed by atoms with Gasteiger partial charge < -0.3 is 15.8 Å². The number of sulfonamides is 1. The Hall–Kier alpha value is -1.39. The number of nitrogens with two attached hydrogens (primary N) is 1. The molecule has 0 spiro atoms. The van der Waals surface area contributed by atoms with Crippen LogP contribution in [0.15, 0.2) is 21.6 Å². The molecule has 140 valence electrons. The van der Waals surface area contributed by atoms with Gasteiger partial charge in [-0.15, -0.1) is 0 Å². The second-order valence-electron chi connectivity index (χ2n) is 7.31. The first-order valence-electron chi connectivity index (χ1n) is 7.75. The molecule has 1 saturated heterocycles. The highest BCUT2D eigenvalue weighted by Gasteiger charge is 2.42. The van der Waals surface area contributed by atoms with Crippen molar-refractivity contribution in [3.8, 4) is 0 Å². The first-order valence-corrected chi connectivity index (χ1v) is 9.98. The van der Waals surface area contributed by atoms with Crippen LogP contribution in [0.3, 0.4) is 0 Å².